The Hall–Kier alpha value is -3.36. The largest absolute Gasteiger partial charge is 0.333 e. The summed E-state index contributed by atoms with van der Waals surface area (Å²) >= 11 is 7.54. The first kappa shape index (κ1) is 19.6. The van der Waals surface area contributed by atoms with Crippen molar-refractivity contribution in [2.45, 2.75) is 13.5 Å². The molecule has 31 heavy (non-hydrogen) atoms. The summed E-state index contributed by atoms with van der Waals surface area (Å²) in [5.74, 6) is 0.319. The number of hydrogen-bond donors (Lipinski definition) is 0. The van der Waals surface area contributed by atoms with E-state index >= 15 is 0 Å². The Labute approximate surface area is 184 Å². The number of hydrogen-bond acceptors (Lipinski definition) is 6. The first-order valence-corrected chi connectivity index (χ1v) is 10.5. The SMILES string of the molecule is Cc1c(-c2nc(-c3ccccc3Cl)no2)sc2ncn(Cc3cccc(F)c3)c(=O)c12. The number of benzene rings is 2. The molecule has 2 aromatic carbocycles. The molecule has 0 aliphatic carbocycles. The summed E-state index contributed by atoms with van der Waals surface area (Å²) in [4.78, 5) is 23.2. The highest BCUT2D eigenvalue weighted by atomic mass is 35.5. The molecule has 0 saturated carbocycles. The zero-order valence-electron chi connectivity index (χ0n) is 16.2. The fourth-order valence-electron chi connectivity index (χ4n) is 3.38. The van der Waals surface area contributed by atoms with Gasteiger partial charge in [0.2, 0.25) is 5.82 Å². The molecular formula is C22H14ClFN4O2S. The van der Waals surface area contributed by atoms with Gasteiger partial charge < -0.3 is 4.52 Å². The van der Waals surface area contributed by atoms with Gasteiger partial charge in [0.15, 0.2) is 0 Å². The third-order valence-electron chi connectivity index (χ3n) is 4.89. The van der Waals surface area contributed by atoms with Crippen LogP contribution in [0.1, 0.15) is 11.1 Å². The van der Waals surface area contributed by atoms with Gasteiger partial charge in [-0.2, -0.15) is 4.98 Å². The predicted octanol–water partition coefficient (Wildman–Crippen LogP) is 5.32. The highest BCUT2D eigenvalue weighted by Gasteiger charge is 2.21. The summed E-state index contributed by atoms with van der Waals surface area (Å²) in [6.07, 6.45) is 1.47. The van der Waals surface area contributed by atoms with Crippen molar-refractivity contribution in [3.05, 3.63) is 87.2 Å². The second kappa shape index (κ2) is 7.72. The second-order valence-corrected chi connectivity index (χ2v) is 8.35. The topological polar surface area (TPSA) is 73.8 Å². The molecule has 0 fully saturated rings. The van der Waals surface area contributed by atoms with Gasteiger partial charge in [-0.05, 0) is 42.3 Å². The summed E-state index contributed by atoms with van der Waals surface area (Å²) in [6, 6.07) is 13.4. The van der Waals surface area contributed by atoms with Crippen molar-refractivity contribution in [2.75, 3.05) is 0 Å². The van der Waals surface area contributed by atoms with Crippen LogP contribution in [0.15, 0.2) is 64.2 Å². The zero-order chi connectivity index (χ0) is 21.5. The van der Waals surface area contributed by atoms with Gasteiger partial charge in [0, 0.05) is 5.56 Å². The number of aromatic nitrogens is 4. The van der Waals surface area contributed by atoms with Crippen LogP contribution in [-0.2, 0) is 6.54 Å². The fraction of sp³-hybridized carbons (Fsp3) is 0.0909. The van der Waals surface area contributed by atoms with Crippen LogP contribution >= 0.6 is 22.9 Å². The number of rotatable bonds is 4. The molecule has 0 aliphatic heterocycles. The minimum Gasteiger partial charge on any atom is -0.333 e. The van der Waals surface area contributed by atoms with E-state index in [1.54, 1.807) is 24.3 Å². The second-order valence-electron chi connectivity index (χ2n) is 6.95. The normalized spacial score (nSPS) is 11.3. The van der Waals surface area contributed by atoms with Crippen LogP contribution in [0.2, 0.25) is 5.02 Å². The average Bonchev–Trinajstić information content (AvgIpc) is 3.36. The third-order valence-corrected chi connectivity index (χ3v) is 6.41. The Morgan fingerprint density at radius 3 is 2.84 bits per heavy atom. The van der Waals surface area contributed by atoms with Crippen LogP contribution in [0.3, 0.4) is 0 Å². The fourth-order valence-corrected chi connectivity index (χ4v) is 4.66. The van der Waals surface area contributed by atoms with Crippen molar-refractivity contribution in [3.8, 4) is 22.2 Å². The zero-order valence-corrected chi connectivity index (χ0v) is 17.7. The Balaban J connectivity index is 1.56. The summed E-state index contributed by atoms with van der Waals surface area (Å²) < 4.78 is 20.4. The van der Waals surface area contributed by atoms with E-state index in [1.165, 1.54) is 34.4 Å². The summed E-state index contributed by atoms with van der Waals surface area (Å²) in [6.45, 7) is 2.05. The minimum atomic E-state index is -0.348. The lowest BCUT2D eigenvalue weighted by Crippen LogP contribution is -2.21. The van der Waals surface area contributed by atoms with E-state index < -0.39 is 0 Å². The van der Waals surface area contributed by atoms with Crippen molar-refractivity contribution >= 4 is 33.2 Å². The summed E-state index contributed by atoms with van der Waals surface area (Å²) in [5, 5.41) is 5.04. The van der Waals surface area contributed by atoms with Crippen LogP contribution in [0.4, 0.5) is 4.39 Å². The highest BCUT2D eigenvalue weighted by molar-refractivity contribution is 7.22. The smallest absolute Gasteiger partial charge is 0.268 e. The molecule has 5 rings (SSSR count). The van der Waals surface area contributed by atoms with Crippen molar-refractivity contribution in [1.29, 1.82) is 0 Å². The van der Waals surface area contributed by atoms with E-state index in [1.807, 2.05) is 19.1 Å². The molecule has 3 aromatic heterocycles. The van der Waals surface area contributed by atoms with E-state index in [0.29, 0.717) is 48.5 Å². The lowest BCUT2D eigenvalue weighted by molar-refractivity contribution is 0.433. The van der Waals surface area contributed by atoms with Gasteiger partial charge in [0.05, 0.1) is 28.2 Å². The van der Waals surface area contributed by atoms with Crippen molar-refractivity contribution in [3.63, 3.8) is 0 Å². The monoisotopic (exact) mass is 452 g/mol. The van der Waals surface area contributed by atoms with Crippen LogP contribution in [0, 0.1) is 12.7 Å². The Bertz CT molecular complexity index is 1490. The van der Waals surface area contributed by atoms with Crippen molar-refractivity contribution < 1.29 is 8.91 Å². The van der Waals surface area contributed by atoms with Gasteiger partial charge >= 0.3 is 0 Å². The van der Waals surface area contributed by atoms with E-state index in [-0.39, 0.29) is 17.9 Å². The molecule has 9 heteroatoms. The van der Waals surface area contributed by atoms with E-state index in [9.17, 15) is 9.18 Å². The van der Waals surface area contributed by atoms with Gasteiger partial charge in [0.1, 0.15) is 10.6 Å². The number of nitrogens with zero attached hydrogens (tertiary/aromatic N) is 4. The standard InChI is InChI=1S/C22H14ClFN4O2S/c1-12-17-21(25-11-28(22(17)29)10-13-5-4-6-14(24)9-13)31-18(12)20-26-19(27-30-20)15-7-2-3-8-16(15)23/h2-9,11H,10H2,1H3. The van der Waals surface area contributed by atoms with Crippen LogP contribution in [0.5, 0.6) is 0 Å². The van der Waals surface area contributed by atoms with E-state index in [0.717, 1.165) is 0 Å². The maximum absolute atomic E-state index is 13.5. The summed E-state index contributed by atoms with van der Waals surface area (Å²) in [5.41, 5.74) is 1.84. The lowest BCUT2D eigenvalue weighted by atomic mass is 10.2. The minimum absolute atomic E-state index is 0.208. The molecule has 0 unspecified atom stereocenters. The Morgan fingerprint density at radius 2 is 2.03 bits per heavy atom. The van der Waals surface area contributed by atoms with Gasteiger partial charge in [-0.1, -0.05) is 41.0 Å². The number of aryl methyl sites for hydroxylation is 1. The molecule has 154 valence electrons. The highest BCUT2D eigenvalue weighted by Crippen LogP contribution is 2.36. The molecular weight excluding hydrogens is 439 g/mol. The van der Waals surface area contributed by atoms with Gasteiger partial charge in [-0.3, -0.25) is 9.36 Å². The van der Waals surface area contributed by atoms with Gasteiger partial charge in [-0.25, -0.2) is 9.37 Å². The van der Waals surface area contributed by atoms with E-state index in [2.05, 4.69) is 15.1 Å². The Morgan fingerprint density at radius 1 is 1.19 bits per heavy atom. The molecule has 3 heterocycles. The van der Waals surface area contributed by atoms with Crippen molar-refractivity contribution in [1.82, 2.24) is 19.7 Å². The molecule has 0 spiro atoms. The van der Waals surface area contributed by atoms with Crippen molar-refractivity contribution in [2.24, 2.45) is 0 Å². The molecule has 0 aliphatic rings. The first-order chi connectivity index (χ1) is 15.0. The quantitative estimate of drug-likeness (QED) is 0.368. The Kier molecular flexibility index (Phi) is 4.88. The maximum atomic E-state index is 13.5. The van der Waals surface area contributed by atoms with Crippen LogP contribution in [0.25, 0.3) is 32.4 Å². The molecule has 0 bridgehead atoms. The van der Waals surface area contributed by atoms with E-state index in [4.69, 9.17) is 16.1 Å². The first-order valence-electron chi connectivity index (χ1n) is 9.33. The molecule has 0 N–H and O–H groups in total. The molecule has 0 saturated heterocycles. The third kappa shape index (κ3) is 3.54. The summed E-state index contributed by atoms with van der Waals surface area (Å²) in [7, 11) is 0. The lowest BCUT2D eigenvalue weighted by Gasteiger charge is -2.05. The molecule has 6 nitrogen and oxygen atoms in total. The number of fused-ring (bicyclic) bond motifs is 1. The number of thiophene rings is 1. The average molecular weight is 453 g/mol. The molecule has 0 atom stereocenters. The maximum Gasteiger partial charge on any atom is 0.268 e. The number of halogens is 2. The molecule has 0 radical (unpaired) electrons. The van der Waals surface area contributed by atoms with Crippen LogP contribution < -0.4 is 5.56 Å². The molecule has 5 aromatic rings. The van der Waals surface area contributed by atoms with Gasteiger partial charge in [-0.15, -0.1) is 11.3 Å². The van der Waals surface area contributed by atoms with Crippen LogP contribution in [-0.4, -0.2) is 19.7 Å². The predicted molar refractivity (Wildman–Crippen MR) is 118 cm³/mol. The van der Waals surface area contributed by atoms with Gasteiger partial charge in [0.25, 0.3) is 11.4 Å². The molecule has 0 amide bonds.